The summed E-state index contributed by atoms with van der Waals surface area (Å²) in [6, 6.07) is 6.48. The molecule has 24 heavy (non-hydrogen) atoms. The first-order valence-corrected chi connectivity index (χ1v) is 8.36. The molecule has 0 spiro atoms. The van der Waals surface area contributed by atoms with E-state index in [1.807, 2.05) is 0 Å². The Morgan fingerprint density at radius 1 is 1.00 bits per heavy atom. The van der Waals surface area contributed by atoms with Gasteiger partial charge in [-0.1, -0.05) is 12.2 Å². The molecule has 3 fully saturated rings. The number of carbonyl (C=O) groups excluding carboxylic acids is 3. The lowest BCUT2D eigenvalue weighted by Crippen LogP contribution is -2.40. The van der Waals surface area contributed by atoms with E-state index >= 15 is 0 Å². The summed E-state index contributed by atoms with van der Waals surface area (Å²) in [5.74, 6) is 0.645. The topological polar surface area (TPSA) is 63.7 Å². The first-order valence-electron chi connectivity index (χ1n) is 8.36. The molecule has 1 aliphatic heterocycles. The van der Waals surface area contributed by atoms with Crippen LogP contribution in [-0.4, -0.2) is 24.9 Å². The average molecular weight is 323 g/mol. The zero-order chi connectivity index (χ0) is 16.6. The van der Waals surface area contributed by atoms with Gasteiger partial charge in [-0.15, -0.1) is 0 Å². The van der Waals surface area contributed by atoms with Crippen LogP contribution >= 0.6 is 0 Å². The largest absolute Gasteiger partial charge is 0.465 e. The highest BCUT2D eigenvalue weighted by atomic mass is 16.5. The third-order valence-electron chi connectivity index (χ3n) is 6.21. The molecule has 2 bridgehead atoms. The van der Waals surface area contributed by atoms with Gasteiger partial charge >= 0.3 is 5.97 Å². The van der Waals surface area contributed by atoms with Crippen molar-refractivity contribution in [3.63, 3.8) is 0 Å². The van der Waals surface area contributed by atoms with Crippen LogP contribution in [0.4, 0.5) is 5.69 Å². The number of ether oxygens (including phenoxy) is 1. The van der Waals surface area contributed by atoms with Crippen LogP contribution in [0.1, 0.15) is 16.8 Å². The van der Waals surface area contributed by atoms with Crippen molar-refractivity contribution in [2.75, 3.05) is 12.0 Å². The van der Waals surface area contributed by atoms with Crippen LogP contribution in [0.15, 0.2) is 36.4 Å². The van der Waals surface area contributed by atoms with Crippen molar-refractivity contribution >= 4 is 23.5 Å². The first-order chi connectivity index (χ1) is 11.6. The molecule has 0 unspecified atom stereocenters. The van der Waals surface area contributed by atoms with E-state index in [1.54, 1.807) is 24.3 Å². The molecule has 0 N–H and O–H groups in total. The summed E-state index contributed by atoms with van der Waals surface area (Å²) < 4.78 is 4.68. The second kappa shape index (κ2) is 4.56. The normalized spacial score (nSPS) is 38.1. The molecule has 0 radical (unpaired) electrons. The van der Waals surface area contributed by atoms with Crippen LogP contribution in [0.5, 0.6) is 0 Å². The number of anilines is 1. The Labute approximate surface area is 139 Å². The summed E-state index contributed by atoms with van der Waals surface area (Å²) in [7, 11) is 1.32. The van der Waals surface area contributed by atoms with Gasteiger partial charge in [0, 0.05) is 0 Å². The molecule has 0 aromatic heterocycles. The van der Waals surface area contributed by atoms with Crippen molar-refractivity contribution in [1.82, 2.24) is 0 Å². The van der Waals surface area contributed by atoms with E-state index in [2.05, 4.69) is 16.9 Å². The lowest BCUT2D eigenvalue weighted by Gasteiger charge is -2.37. The maximum absolute atomic E-state index is 13.0. The maximum atomic E-state index is 13.0. The monoisotopic (exact) mass is 323 g/mol. The number of allylic oxidation sites excluding steroid dienone is 2. The molecule has 2 saturated carbocycles. The van der Waals surface area contributed by atoms with Crippen LogP contribution in [0.3, 0.4) is 0 Å². The maximum Gasteiger partial charge on any atom is 0.337 e. The number of nitrogens with zero attached hydrogens (tertiary/aromatic N) is 1. The lowest BCUT2D eigenvalue weighted by molar-refractivity contribution is -0.124. The number of carbonyl (C=O) groups is 3. The smallest absolute Gasteiger partial charge is 0.337 e. The van der Waals surface area contributed by atoms with E-state index in [0.717, 1.165) is 6.42 Å². The fourth-order valence-corrected chi connectivity index (χ4v) is 5.08. The molecule has 6 rings (SSSR count). The molecule has 6 atom stereocenters. The Hall–Kier alpha value is -2.43. The number of rotatable bonds is 2. The molecule has 1 heterocycles. The van der Waals surface area contributed by atoms with Gasteiger partial charge in [0.05, 0.1) is 30.2 Å². The van der Waals surface area contributed by atoms with E-state index in [9.17, 15) is 14.4 Å². The number of esters is 1. The Morgan fingerprint density at radius 2 is 1.54 bits per heavy atom. The van der Waals surface area contributed by atoms with Gasteiger partial charge in [-0.05, 0) is 54.4 Å². The predicted octanol–water partition coefficient (Wildman–Crippen LogP) is 2.03. The Balaban J connectivity index is 1.49. The van der Waals surface area contributed by atoms with E-state index in [1.165, 1.54) is 12.0 Å². The predicted molar refractivity (Wildman–Crippen MR) is 85.0 cm³/mol. The van der Waals surface area contributed by atoms with Crippen molar-refractivity contribution in [3.8, 4) is 0 Å². The highest BCUT2D eigenvalue weighted by Gasteiger charge is 2.67. The minimum absolute atomic E-state index is 0.0829. The summed E-state index contributed by atoms with van der Waals surface area (Å²) in [5, 5.41) is 0. The molecular weight excluding hydrogens is 306 g/mol. The molecular formula is C19H17NO4. The summed E-state index contributed by atoms with van der Waals surface area (Å²) in [6.07, 6.45) is 5.48. The standard InChI is InChI=1S/C19H17NO4/c1-24-19(23)9-2-4-10(5-3-9)20-17(21)15-11-6-7-12(14-8-13(11)14)16(15)18(20)22/h2-7,11-16H,8H2,1H3/t11-,12-,13-,14-,15+,16+/m0/s1. The summed E-state index contributed by atoms with van der Waals surface area (Å²) >= 11 is 0. The molecule has 1 aromatic carbocycles. The number of hydrogen-bond acceptors (Lipinski definition) is 4. The number of hydrogen-bond donors (Lipinski definition) is 0. The van der Waals surface area contributed by atoms with Crippen LogP contribution in [0, 0.1) is 35.5 Å². The number of imide groups is 1. The highest BCUT2D eigenvalue weighted by Crippen LogP contribution is 2.65. The van der Waals surface area contributed by atoms with Gasteiger partial charge in [0.15, 0.2) is 0 Å². The van der Waals surface area contributed by atoms with Gasteiger partial charge in [-0.3, -0.25) is 14.5 Å². The highest BCUT2D eigenvalue weighted by molar-refractivity contribution is 6.22. The zero-order valence-corrected chi connectivity index (χ0v) is 13.2. The SMILES string of the molecule is COC(=O)c1ccc(N2C(=O)[C@@H]3[C@H]4C=C[C@@H]([C@@H]5C[C@@H]45)[C@H]3C2=O)cc1. The Bertz CT molecular complexity index is 760. The second-order valence-corrected chi connectivity index (χ2v) is 7.20. The molecule has 5 nitrogen and oxygen atoms in total. The van der Waals surface area contributed by atoms with E-state index in [-0.39, 0.29) is 35.5 Å². The average Bonchev–Trinajstić information content (AvgIpc) is 3.39. The van der Waals surface area contributed by atoms with E-state index in [0.29, 0.717) is 23.1 Å². The number of methoxy groups -OCH3 is 1. The Kier molecular flexibility index (Phi) is 2.65. The van der Waals surface area contributed by atoms with E-state index < -0.39 is 5.97 Å². The van der Waals surface area contributed by atoms with Crippen molar-refractivity contribution in [2.24, 2.45) is 35.5 Å². The quantitative estimate of drug-likeness (QED) is 0.475. The van der Waals surface area contributed by atoms with Gasteiger partial charge < -0.3 is 4.74 Å². The van der Waals surface area contributed by atoms with E-state index in [4.69, 9.17) is 0 Å². The zero-order valence-electron chi connectivity index (χ0n) is 13.2. The Morgan fingerprint density at radius 3 is 2.04 bits per heavy atom. The van der Waals surface area contributed by atoms with Gasteiger partial charge in [-0.25, -0.2) is 4.79 Å². The third-order valence-corrected chi connectivity index (χ3v) is 6.21. The van der Waals surface area contributed by atoms with Gasteiger partial charge in [-0.2, -0.15) is 0 Å². The second-order valence-electron chi connectivity index (χ2n) is 7.20. The van der Waals surface area contributed by atoms with Crippen LogP contribution < -0.4 is 4.90 Å². The minimum Gasteiger partial charge on any atom is -0.465 e. The first kappa shape index (κ1) is 14.0. The summed E-state index contributed by atoms with van der Waals surface area (Å²) in [4.78, 5) is 38.8. The molecule has 2 amide bonds. The summed E-state index contributed by atoms with van der Waals surface area (Å²) in [5.41, 5.74) is 0.945. The lowest BCUT2D eigenvalue weighted by atomic mass is 9.63. The third kappa shape index (κ3) is 1.62. The van der Waals surface area contributed by atoms with Crippen molar-refractivity contribution in [3.05, 3.63) is 42.0 Å². The number of amides is 2. The molecule has 4 aliphatic carbocycles. The molecule has 5 heteroatoms. The van der Waals surface area contributed by atoms with Crippen LogP contribution in [0.2, 0.25) is 0 Å². The molecule has 1 aromatic rings. The fraction of sp³-hybridized carbons (Fsp3) is 0.421. The van der Waals surface area contributed by atoms with Gasteiger partial charge in [0.25, 0.3) is 0 Å². The summed E-state index contributed by atoms with van der Waals surface area (Å²) in [6.45, 7) is 0. The number of benzene rings is 1. The van der Waals surface area contributed by atoms with Crippen LogP contribution in [-0.2, 0) is 14.3 Å². The minimum atomic E-state index is -0.434. The molecule has 1 saturated heterocycles. The molecule has 122 valence electrons. The van der Waals surface area contributed by atoms with Gasteiger partial charge in [0.1, 0.15) is 0 Å². The van der Waals surface area contributed by atoms with Crippen LogP contribution in [0.25, 0.3) is 0 Å². The van der Waals surface area contributed by atoms with Gasteiger partial charge in [0.2, 0.25) is 11.8 Å². The van der Waals surface area contributed by atoms with Crippen molar-refractivity contribution in [1.29, 1.82) is 0 Å². The fourth-order valence-electron chi connectivity index (χ4n) is 5.08. The van der Waals surface area contributed by atoms with Crippen molar-refractivity contribution < 1.29 is 19.1 Å². The van der Waals surface area contributed by atoms with Crippen molar-refractivity contribution in [2.45, 2.75) is 6.42 Å². The molecule has 5 aliphatic rings.